The van der Waals surface area contributed by atoms with Crippen LogP contribution in [0.15, 0.2) is 82.6 Å². The molecule has 0 fully saturated rings. The number of hydrogen-bond acceptors (Lipinski definition) is 5. The maximum Gasteiger partial charge on any atom is 0.339 e. The molecule has 0 aromatic heterocycles. The molecule has 3 aromatic rings. The van der Waals surface area contributed by atoms with Crippen LogP contribution in [0, 0.1) is 5.82 Å². The first-order valence-electron chi connectivity index (χ1n) is 10.7. The highest BCUT2D eigenvalue weighted by Crippen LogP contribution is 2.23. The van der Waals surface area contributed by atoms with Crippen LogP contribution in [0.3, 0.4) is 0 Å². The number of thioether (sulfide) groups is 1. The van der Waals surface area contributed by atoms with E-state index in [1.54, 1.807) is 34.9 Å². The first-order chi connectivity index (χ1) is 16.2. The number of benzene rings is 3. The lowest BCUT2D eigenvalue weighted by molar-refractivity contribution is 0.187. The number of rotatable bonds is 9. The van der Waals surface area contributed by atoms with Crippen LogP contribution in [-0.2, 0) is 16.7 Å². The molecule has 2 amide bonds. The second-order valence-corrected chi connectivity index (χ2v) is 10.1. The van der Waals surface area contributed by atoms with E-state index in [9.17, 15) is 17.6 Å². The van der Waals surface area contributed by atoms with Crippen molar-refractivity contribution in [1.29, 1.82) is 0 Å². The third kappa shape index (κ3) is 6.74. The molecule has 3 aromatic carbocycles. The Kier molecular flexibility index (Phi) is 8.57. The van der Waals surface area contributed by atoms with E-state index in [2.05, 4.69) is 5.32 Å². The summed E-state index contributed by atoms with van der Waals surface area (Å²) in [4.78, 5) is 15.7. The molecule has 6 nitrogen and oxygen atoms in total. The largest absolute Gasteiger partial charge is 0.379 e. The number of nitrogens with zero attached hydrogens (tertiary/aromatic N) is 1. The fourth-order valence-corrected chi connectivity index (χ4v) is 4.52. The monoisotopic (exact) mass is 502 g/mol. The molecule has 1 atom stereocenters. The maximum absolute atomic E-state index is 13.1. The Morgan fingerprint density at radius 2 is 1.76 bits per heavy atom. The van der Waals surface area contributed by atoms with Gasteiger partial charge in [-0.1, -0.05) is 19.1 Å². The zero-order valence-corrected chi connectivity index (χ0v) is 20.8. The third-order valence-electron chi connectivity index (χ3n) is 5.28. The minimum absolute atomic E-state index is 0.0574. The Balaban J connectivity index is 1.76. The van der Waals surface area contributed by atoms with Crippen LogP contribution < -0.4 is 9.50 Å². The Bertz CT molecular complexity index is 1220. The quantitative estimate of drug-likeness (QED) is 0.281. The number of halogens is 1. The van der Waals surface area contributed by atoms with E-state index in [0.29, 0.717) is 11.3 Å². The third-order valence-corrected chi connectivity index (χ3v) is 7.29. The van der Waals surface area contributed by atoms with Crippen LogP contribution in [0.5, 0.6) is 5.75 Å². The van der Waals surface area contributed by atoms with Gasteiger partial charge in [0.25, 0.3) is 0 Å². The molecule has 1 unspecified atom stereocenters. The molecular formula is C25H27FN2O4S2. The highest BCUT2D eigenvalue weighted by atomic mass is 32.2. The van der Waals surface area contributed by atoms with E-state index < -0.39 is 15.9 Å². The number of urea groups is 1. The predicted octanol–water partition coefficient (Wildman–Crippen LogP) is 6.15. The highest BCUT2D eigenvalue weighted by molar-refractivity contribution is 7.98. The van der Waals surface area contributed by atoms with Crippen LogP contribution >= 0.6 is 11.8 Å². The van der Waals surface area contributed by atoms with Gasteiger partial charge < -0.3 is 14.4 Å². The first kappa shape index (κ1) is 25.6. The molecule has 0 aliphatic heterocycles. The van der Waals surface area contributed by atoms with Crippen molar-refractivity contribution < 1.29 is 21.8 Å². The number of carbonyl (C=O) groups excluding carboxylic acids is 1. The maximum atomic E-state index is 13.1. The van der Waals surface area contributed by atoms with Gasteiger partial charge in [0.2, 0.25) is 0 Å². The summed E-state index contributed by atoms with van der Waals surface area (Å²) in [5, 5.41) is 2.93. The molecule has 0 aliphatic rings. The Hall–Kier alpha value is -3.04. The number of anilines is 1. The van der Waals surface area contributed by atoms with Gasteiger partial charge in [0, 0.05) is 23.2 Å². The predicted molar refractivity (Wildman–Crippen MR) is 133 cm³/mol. The topological polar surface area (TPSA) is 75.7 Å². The highest BCUT2D eigenvalue weighted by Gasteiger charge is 2.21. The van der Waals surface area contributed by atoms with Gasteiger partial charge in [0.1, 0.15) is 16.5 Å². The zero-order chi connectivity index (χ0) is 24.7. The molecule has 0 heterocycles. The molecule has 0 bridgehead atoms. The lowest BCUT2D eigenvalue weighted by atomic mass is 10.1. The second-order valence-electron chi connectivity index (χ2n) is 7.68. The SMILES string of the molecule is CCC(C)N(Cc1cccc(OS(=O)(=O)c2ccc(F)cc2)c1)C(=O)Nc1ccc(SC)cc1. The molecule has 0 saturated heterocycles. The van der Waals surface area contributed by atoms with Crippen molar-refractivity contribution in [2.75, 3.05) is 11.6 Å². The number of hydrogen-bond donors (Lipinski definition) is 1. The minimum atomic E-state index is -4.12. The van der Waals surface area contributed by atoms with Gasteiger partial charge in [-0.05, 0) is 85.8 Å². The molecule has 0 saturated carbocycles. The van der Waals surface area contributed by atoms with Crippen molar-refractivity contribution in [1.82, 2.24) is 4.90 Å². The van der Waals surface area contributed by atoms with Crippen molar-refractivity contribution >= 4 is 33.6 Å². The summed E-state index contributed by atoms with van der Waals surface area (Å²) in [5.41, 5.74) is 1.40. The Morgan fingerprint density at radius 1 is 1.09 bits per heavy atom. The Morgan fingerprint density at radius 3 is 2.38 bits per heavy atom. The van der Waals surface area contributed by atoms with Gasteiger partial charge in [-0.3, -0.25) is 0 Å². The van der Waals surface area contributed by atoms with Crippen LogP contribution in [0.1, 0.15) is 25.8 Å². The lowest BCUT2D eigenvalue weighted by Crippen LogP contribution is -2.40. The van der Waals surface area contributed by atoms with Crippen LogP contribution in [0.4, 0.5) is 14.9 Å². The van der Waals surface area contributed by atoms with Crippen molar-refractivity contribution in [2.24, 2.45) is 0 Å². The van der Waals surface area contributed by atoms with Crippen molar-refractivity contribution in [3.05, 3.63) is 84.2 Å². The minimum Gasteiger partial charge on any atom is -0.379 e. The van der Waals surface area contributed by atoms with Gasteiger partial charge >= 0.3 is 16.1 Å². The molecular weight excluding hydrogens is 475 g/mol. The summed E-state index contributed by atoms with van der Waals surface area (Å²) in [5.74, 6) is -0.427. The van der Waals surface area contributed by atoms with E-state index >= 15 is 0 Å². The molecule has 1 N–H and O–H groups in total. The summed E-state index contributed by atoms with van der Waals surface area (Å²) in [6.45, 7) is 4.21. The number of nitrogens with one attached hydrogen (secondary N) is 1. The average Bonchev–Trinajstić information content (AvgIpc) is 2.82. The number of amides is 2. The number of carbonyl (C=O) groups is 1. The van der Waals surface area contributed by atoms with E-state index in [1.807, 2.05) is 44.4 Å². The molecule has 3 rings (SSSR count). The molecule has 0 spiro atoms. The van der Waals surface area contributed by atoms with Crippen molar-refractivity contribution in [2.45, 2.75) is 42.6 Å². The van der Waals surface area contributed by atoms with Gasteiger partial charge in [0.05, 0.1) is 0 Å². The fraction of sp³-hybridized carbons (Fsp3) is 0.240. The standard InChI is InChI=1S/C25H27FN2O4S2/c1-4-18(2)28(25(29)27-21-10-12-23(33-3)13-11-21)17-19-6-5-7-22(16-19)32-34(30,31)24-14-8-20(26)9-15-24/h5-16,18H,4,17H2,1-3H3,(H,27,29). The van der Waals surface area contributed by atoms with Gasteiger partial charge in [-0.15, -0.1) is 11.8 Å². The zero-order valence-electron chi connectivity index (χ0n) is 19.2. The first-order valence-corrected chi connectivity index (χ1v) is 13.4. The average molecular weight is 503 g/mol. The van der Waals surface area contributed by atoms with Crippen molar-refractivity contribution in [3.8, 4) is 5.75 Å². The van der Waals surface area contributed by atoms with E-state index in [-0.39, 0.29) is 29.3 Å². The normalized spacial score (nSPS) is 12.1. The van der Waals surface area contributed by atoms with Gasteiger partial charge in [-0.2, -0.15) is 8.42 Å². The molecule has 0 radical (unpaired) electrons. The summed E-state index contributed by atoms with van der Waals surface area (Å²) < 4.78 is 43.5. The van der Waals surface area contributed by atoms with Crippen molar-refractivity contribution in [3.63, 3.8) is 0 Å². The lowest BCUT2D eigenvalue weighted by Gasteiger charge is -2.29. The summed E-state index contributed by atoms with van der Waals surface area (Å²) in [6, 6.07) is 18.3. The molecule has 9 heteroatoms. The van der Waals surface area contributed by atoms with Gasteiger partial charge in [0.15, 0.2) is 0 Å². The van der Waals surface area contributed by atoms with Gasteiger partial charge in [-0.25, -0.2) is 9.18 Å². The van der Waals surface area contributed by atoms with E-state index in [0.717, 1.165) is 35.6 Å². The van der Waals surface area contributed by atoms with E-state index in [4.69, 9.17) is 4.18 Å². The summed E-state index contributed by atoms with van der Waals surface area (Å²) in [7, 11) is -4.12. The van der Waals surface area contributed by atoms with E-state index in [1.165, 1.54) is 6.07 Å². The summed E-state index contributed by atoms with van der Waals surface area (Å²) in [6.07, 6.45) is 2.73. The van der Waals surface area contributed by atoms with Crippen LogP contribution in [0.2, 0.25) is 0 Å². The Labute approximate surface area is 204 Å². The molecule has 0 aliphatic carbocycles. The summed E-state index contributed by atoms with van der Waals surface area (Å²) >= 11 is 1.62. The second kappa shape index (κ2) is 11.4. The smallest absolute Gasteiger partial charge is 0.339 e. The molecule has 34 heavy (non-hydrogen) atoms. The van der Waals surface area contributed by atoms with Crippen LogP contribution in [-0.4, -0.2) is 31.6 Å². The fourth-order valence-electron chi connectivity index (χ4n) is 3.19. The molecule has 180 valence electrons. The van der Waals surface area contributed by atoms with Crippen LogP contribution in [0.25, 0.3) is 0 Å².